The summed E-state index contributed by atoms with van der Waals surface area (Å²) in [6, 6.07) is 1.98. The van der Waals surface area contributed by atoms with Crippen LogP contribution in [-0.2, 0) is 16.1 Å². The first-order chi connectivity index (χ1) is 13.0. The van der Waals surface area contributed by atoms with Crippen LogP contribution in [0.5, 0.6) is 0 Å². The maximum atomic E-state index is 14.6. The molecule has 8 nitrogen and oxygen atoms in total. The van der Waals surface area contributed by atoms with Gasteiger partial charge in [0.25, 0.3) is 0 Å². The average Bonchev–Trinajstić information content (AvgIpc) is 3.27. The SMILES string of the molecule is O=C1C=CN(c2cc(F)c(N3CC(Cn4ccnn4)OC3=O)cc2F)CC1. The van der Waals surface area contributed by atoms with Gasteiger partial charge in [-0.3, -0.25) is 9.69 Å². The van der Waals surface area contributed by atoms with E-state index in [1.54, 1.807) is 6.20 Å². The Balaban J connectivity index is 1.55. The molecule has 2 aromatic rings. The van der Waals surface area contributed by atoms with E-state index < -0.39 is 23.8 Å². The minimum Gasteiger partial charge on any atom is -0.442 e. The fourth-order valence-electron chi connectivity index (χ4n) is 3.07. The first-order valence-electron chi connectivity index (χ1n) is 8.30. The highest BCUT2D eigenvalue weighted by Gasteiger charge is 2.35. The van der Waals surface area contributed by atoms with Crippen LogP contribution in [-0.4, -0.2) is 46.1 Å². The number of cyclic esters (lactones) is 1. The van der Waals surface area contributed by atoms with Gasteiger partial charge in [0, 0.05) is 37.5 Å². The molecule has 0 N–H and O–H groups in total. The summed E-state index contributed by atoms with van der Waals surface area (Å²) in [7, 11) is 0. The van der Waals surface area contributed by atoms with Gasteiger partial charge in [0.05, 0.1) is 30.7 Å². The highest BCUT2D eigenvalue weighted by atomic mass is 19.1. The molecule has 0 saturated carbocycles. The molecule has 27 heavy (non-hydrogen) atoms. The molecule has 2 aliphatic heterocycles. The number of amides is 1. The number of aromatic nitrogens is 3. The number of allylic oxidation sites excluding steroid dienone is 1. The Morgan fingerprint density at radius 1 is 1.19 bits per heavy atom. The second kappa shape index (κ2) is 6.78. The molecule has 4 rings (SSSR count). The van der Waals surface area contributed by atoms with E-state index in [0.717, 1.165) is 17.0 Å². The van der Waals surface area contributed by atoms with Crippen LogP contribution in [0.1, 0.15) is 6.42 Å². The van der Waals surface area contributed by atoms with Crippen LogP contribution in [0, 0.1) is 11.6 Å². The molecule has 1 fully saturated rings. The number of carbonyl (C=O) groups is 2. The number of ketones is 1. The van der Waals surface area contributed by atoms with Gasteiger partial charge in [-0.15, -0.1) is 5.10 Å². The number of hydrogen-bond donors (Lipinski definition) is 0. The molecule has 0 spiro atoms. The van der Waals surface area contributed by atoms with E-state index >= 15 is 0 Å². The van der Waals surface area contributed by atoms with Crippen molar-refractivity contribution < 1.29 is 23.1 Å². The van der Waals surface area contributed by atoms with Crippen molar-refractivity contribution in [1.82, 2.24) is 15.0 Å². The Bertz CT molecular complexity index is 916. The highest BCUT2D eigenvalue weighted by molar-refractivity contribution is 5.92. The fourth-order valence-corrected chi connectivity index (χ4v) is 3.07. The van der Waals surface area contributed by atoms with E-state index in [9.17, 15) is 18.4 Å². The van der Waals surface area contributed by atoms with Crippen molar-refractivity contribution in [2.24, 2.45) is 0 Å². The van der Waals surface area contributed by atoms with Crippen molar-refractivity contribution in [1.29, 1.82) is 0 Å². The van der Waals surface area contributed by atoms with Crippen LogP contribution in [0.2, 0.25) is 0 Å². The summed E-state index contributed by atoms with van der Waals surface area (Å²) in [6.07, 6.45) is 4.75. The van der Waals surface area contributed by atoms with E-state index in [1.165, 1.54) is 28.1 Å². The Morgan fingerprint density at radius 2 is 1.96 bits per heavy atom. The first-order valence-corrected chi connectivity index (χ1v) is 8.30. The molecular weight excluding hydrogens is 360 g/mol. The molecular formula is C17H15F2N5O3. The third kappa shape index (κ3) is 3.37. The summed E-state index contributed by atoms with van der Waals surface area (Å²) < 4.78 is 35.9. The molecule has 0 aliphatic carbocycles. The third-order valence-corrected chi connectivity index (χ3v) is 4.39. The summed E-state index contributed by atoms with van der Waals surface area (Å²) in [5, 5.41) is 7.45. The lowest BCUT2D eigenvalue weighted by molar-refractivity contribution is -0.114. The van der Waals surface area contributed by atoms with E-state index in [2.05, 4.69) is 10.3 Å². The number of carbonyl (C=O) groups excluding carboxylic acids is 2. The summed E-state index contributed by atoms with van der Waals surface area (Å²) >= 11 is 0. The van der Waals surface area contributed by atoms with Crippen LogP contribution < -0.4 is 9.80 Å². The highest BCUT2D eigenvalue weighted by Crippen LogP contribution is 2.32. The second-order valence-electron chi connectivity index (χ2n) is 6.22. The predicted molar refractivity (Wildman–Crippen MR) is 90.1 cm³/mol. The van der Waals surface area contributed by atoms with Crippen LogP contribution in [0.25, 0.3) is 0 Å². The molecule has 0 radical (unpaired) electrons. The van der Waals surface area contributed by atoms with Gasteiger partial charge in [0.2, 0.25) is 0 Å². The zero-order valence-corrected chi connectivity index (χ0v) is 14.1. The molecule has 1 saturated heterocycles. The molecule has 0 bridgehead atoms. The van der Waals surface area contributed by atoms with E-state index in [1.807, 2.05) is 0 Å². The monoisotopic (exact) mass is 375 g/mol. The smallest absolute Gasteiger partial charge is 0.414 e. The Morgan fingerprint density at radius 3 is 2.67 bits per heavy atom. The van der Waals surface area contributed by atoms with Gasteiger partial charge in [-0.2, -0.15) is 0 Å². The Kier molecular flexibility index (Phi) is 4.30. The molecule has 2 aliphatic rings. The standard InChI is InChI=1S/C17H15F2N5O3/c18-13-8-16(14(19)7-15(13)22-4-1-11(25)2-5-22)24-10-12(27-17(24)26)9-23-6-3-20-21-23/h1,3-4,6-8,12H,2,5,9-10H2. The lowest BCUT2D eigenvalue weighted by Gasteiger charge is -2.24. The van der Waals surface area contributed by atoms with Crippen molar-refractivity contribution in [3.8, 4) is 0 Å². The zero-order valence-electron chi connectivity index (χ0n) is 14.1. The summed E-state index contributed by atoms with van der Waals surface area (Å²) in [5.74, 6) is -1.52. The van der Waals surface area contributed by atoms with Crippen molar-refractivity contribution in [2.45, 2.75) is 19.1 Å². The zero-order chi connectivity index (χ0) is 19.0. The number of rotatable bonds is 4. The lowest BCUT2D eigenvalue weighted by atomic mass is 10.1. The van der Waals surface area contributed by atoms with Gasteiger partial charge in [-0.05, 0) is 6.08 Å². The average molecular weight is 375 g/mol. The van der Waals surface area contributed by atoms with Crippen LogP contribution in [0.3, 0.4) is 0 Å². The van der Waals surface area contributed by atoms with Crippen LogP contribution in [0.4, 0.5) is 25.0 Å². The van der Waals surface area contributed by atoms with Gasteiger partial charge in [-0.1, -0.05) is 5.21 Å². The van der Waals surface area contributed by atoms with Gasteiger partial charge in [-0.25, -0.2) is 18.3 Å². The third-order valence-electron chi connectivity index (χ3n) is 4.39. The van der Waals surface area contributed by atoms with Crippen LogP contribution >= 0.6 is 0 Å². The number of benzene rings is 1. The number of nitrogens with zero attached hydrogens (tertiary/aromatic N) is 5. The lowest BCUT2D eigenvalue weighted by Crippen LogP contribution is -2.28. The second-order valence-corrected chi connectivity index (χ2v) is 6.22. The normalized spacial score (nSPS) is 19.7. The first kappa shape index (κ1) is 17.1. The quantitative estimate of drug-likeness (QED) is 0.812. The minimum atomic E-state index is -0.755. The Labute approximate surface area is 152 Å². The molecule has 1 amide bonds. The number of ether oxygens (including phenoxy) is 1. The maximum absolute atomic E-state index is 14.6. The van der Waals surface area contributed by atoms with E-state index in [0.29, 0.717) is 0 Å². The molecule has 1 atom stereocenters. The topological polar surface area (TPSA) is 80.6 Å². The van der Waals surface area contributed by atoms with Crippen molar-refractivity contribution in [3.63, 3.8) is 0 Å². The molecule has 10 heteroatoms. The van der Waals surface area contributed by atoms with Gasteiger partial charge in [0.15, 0.2) is 5.78 Å². The van der Waals surface area contributed by atoms with Gasteiger partial charge in [0.1, 0.15) is 17.7 Å². The van der Waals surface area contributed by atoms with E-state index in [-0.39, 0.29) is 43.2 Å². The summed E-state index contributed by atoms with van der Waals surface area (Å²) in [4.78, 5) is 25.9. The van der Waals surface area contributed by atoms with Crippen LogP contribution in [0.15, 0.2) is 36.8 Å². The largest absolute Gasteiger partial charge is 0.442 e. The van der Waals surface area contributed by atoms with Crippen molar-refractivity contribution in [3.05, 3.63) is 48.4 Å². The van der Waals surface area contributed by atoms with Gasteiger partial charge >= 0.3 is 6.09 Å². The molecule has 1 aromatic carbocycles. The maximum Gasteiger partial charge on any atom is 0.414 e. The van der Waals surface area contributed by atoms with Crippen molar-refractivity contribution >= 4 is 23.3 Å². The molecule has 1 aromatic heterocycles. The Hall–Kier alpha value is -3.30. The number of hydrogen-bond acceptors (Lipinski definition) is 6. The van der Waals surface area contributed by atoms with Crippen molar-refractivity contribution in [2.75, 3.05) is 22.9 Å². The van der Waals surface area contributed by atoms with E-state index in [4.69, 9.17) is 4.74 Å². The summed E-state index contributed by atoms with van der Waals surface area (Å²) in [6.45, 7) is 0.584. The fraction of sp³-hybridized carbons (Fsp3) is 0.294. The minimum absolute atomic E-state index is 0.00623. The number of halogens is 2. The molecule has 140 valence electrons. The van der Waals surface area contributed by atoms with Gasteiger partial charge < -0.3 is 9.64 Å². The molecule has 3 heterocycles. The summed E-state index contributed by atoms with van der Waals surface area (Å²) in [5.41, 5.74) is -0.189. The molecule has 1 unspecified atom stereocenters. The predicted octanol–water partition coefficient (Wildman–Crippen LogP) is 1.87. The number of anilines is 2.